The van der Waals surface area contributed by atoms with Crippen LogP contribution in [0.15, 0.2) is 27.8 Å². The lowest BCUT2D eigenvalue weighted by atomic mass is 10.0. The quantitative estimate of drug-likeness (QED) is 0.866. The van der Waals surface area contributed by atoms with Gasteiger partial charge in [-0.3, -0.25) is 4.90 Å². The zero-order valence-corrected chi connectivity index (χ0v) is 16.9. The van der Waals surface area contributed by atoms with Crippen LogP contribution in [-0.4, -0.2) is 32.4 Å². The molecule has 1 aliphatic rings. The van der Waals surface area contributed by atoms with Gasteiger partial charge < -0.3 is 0 Å². The molecule has 1 atom stereocenters. The Hall–Kier alpha value is -1.21. The summed E-state index contributed by atoms with van der Waals surface area (Å²) in [5, 5.41) is 4.23. The molecule has 25 heavy (non-hydrogen) atoms. The predicted molar refractivity (Wildman–Crippen MR) is 104 cm³/mol. The Morgan fingerprint density at radius 1 is 1.20 bits per heavy atom. The molecule has 0 radical (unpaired) electrons. The van der Waals surface area contributed by atoms with E-state index < -0.39 is 10.0 Å². The van der Waals surface area contributed by atoms with Crippen LogP contribution in [-0.2, 0) is 16.6 Å². The summed E-state index contributed by atoms with van der Waals surface area (Å²) in [4.78, 5) is 2.78. The molecule has 0 amide bonds. The van der Waals surface area contributed by atoms with E-state index in [9.17, 15) is 8.42 Å². The molecule has 0 saturated carbocycles. The van der Waals surface area contributed by atoms with E-state index in [1.54, 1.807) is 11.3 Å². The molecule has 2 aromatic rings. The van der Waals surface area contributed by atoms with Gasteiger partial charge in [-0.15, -0.1) is 0 Å². The molecule has 0 aliphatic carbocycles. The minimum absolute atomic E-state index is 0.0248. The molecule has 136 valence electrons. The first-order chi connectivity index (χ1) is 11.8. The van der Waals surface area contributed by atoms with Gasteiger partial charge in [-0.25, -0.2) is 13.1 Å². The van der Waals surface area contributed by atoms with Crippen LogP contribution in [0.3, 0.4) is 0 Å². The molecule has 1 aromatic heterocycles. The minimum atomic E-state index is -3.51. The van der Waals surface area contributed by atoms with E-state index in [2.05, 4.69) is 32.5 Å². The zero-order chi connectivity index (χ0) is 18.2. The minimum Gasteiger partial charge on any atom is -0.297 e. The number of nitrogens with one attached hydrogen (secondary N) is 1. The summed E-state index contributed by atoms with van der Waals surface area (Å²) in [6, 6.07) is 4.16. The SMILES string of the molecule is Cc1cc(C)c(C)c(S(=O)(=O)NC2CCN(Cc3ccsc3)C2)c1C. The first-order valence-electron chi connectivity index (χ1n) is 8.61. The van der Waals surface area contributed by atoms with Crippen LogP contribution in [0, 0.1) is 27.7 Å². The van der Waals surface area contributed by atoms with Crippen molar-refractivity contribution in [2.45, 2.75) is 51.6 Å². The lowest BCUT2D eigenvalue weighted by Gasteiger charge is -2.19. The van der Waals surface area contributed by atoms with Crippen LogP contribution in [0.5, 0.6) is 0 Å². The maximum Gasteiger partial charge on any atom is 0.241 e. The molecule has 1 unspecified atom stereocenters. The number of benzene rings is 1. The third kappa shape index (κ3) is 3.97. The van der Waals surface area contributed by atoms with E-state index >= 15 is 0 Å². The van der Waals surface area contributed by atoms with Crippen LogP contribution < -0.4 is 4.72 Å². The first kappa shape index (κ1) is 18.6. The topological polar surface area (TPSA) is 49.4 Å². The summed E-state index contributed by atoms with van der Waals surface area (Å²) in [5.74, 6) is 0. The van der Waals surface area contributed by atoms with Gasteiger partial charge in [0.05, 0.1) is 4.90 Å². The first-order valence-corrected chi connectivity index (χ1v) is 11.0. The highest BCUT2D eigenvalue weighted by Gasteiger charge is 2.29. The van der Waals surface area contributed by atoms with Gasteiger partial charge in [0.1, 0.15) is 0 Å². The van der Waals surface area contributed by atoms with E-state index in [0.29, 0.717) is 4.90 Å². The van der Waals surface area contributed by atoms with Crippen LogP contribution in [0.25, 0.3) is 0 Å². The van der Waals surface area contributed by atoms with E-state index in [1.807, 2.05) is 27.7 Å². The molecule has 3 rings (SSSR count). The molecule has 1 aromatic carbocycles. The largest absolute Gasteiger partial charge is 0.297 e. The molecule has 0 bridgehead atoms. The van der Waals surface area contributed by atoms with Crippen LogP contribution in [0.1, 0.15) is 34.2 Å². The van der Waals surface area contributed by atoms with Gasteiger partial charge in [-0.05, 0) is 78.8 Å². The Kier molecular flexibility index (Phi) is 5.34. The van der Waals surface area contributed by atoms with Crippen molar-refractivity contribution in [1.29, 1.82) is 0 Å². The van der Waals surface area contributed by atoms with E-state index in [0.717, 1.165) is 48.3 Å². The van der Waals surface area contributed by atoms with E-state index in [-0.39, 0.29) is 6.04 Å². The normalized spacial score (nSPS) is 18.8. The second-order valence-electron chi connectivity index (χ2n) is 7.06. The Morgan fingerprint density at radius 2 is 1.88 bits per heavy atom. The summed E-state index contributed by atoms with van der Waals surface area (Å²) >= 11 is 1.70. The number of aryl methyl sites for hydroxylation is 2. The number of hydrogen-bond donors (Lipinski definition) is 1. The molecule has 1 saturated heterocycles. The second kappa shape index (κ2) is 7.19. The van der Waals surface area contributed by atoms with Crippen LogP contribution in [0.2, 0.25) is 0 Å². The van der Waals surface area contributed by atoms with Crippen molar-refractivity contribution in [2.24, 2.45) is 0 Å². The molecule has 1 aliphatic heterocycles. The lowest BCUT2D eigenvalue weighted by Crippen LogP contribution is -2.37. The molecule has 4 nitrogen and oxygen atoms in total. The van der Waals surface area contributed by atoms with E-state index in [4.69, 9.17) is 0 Å². The summed E-state index contributed by atoms with van der Waals surface area (Å²) < 4.78 is 29.0. The zero-order valence-electron chi connectivity index (χ0n) is 15.3. The van der Waals surface area contributed by atoms with Crippen molar-refractivity contribution in [3.63, 3.8) is 0 Å². The number of thiophene rings is 1. The molecular weight excluding hydrogens is 352 g/mol. The summed E-state index contributed by atoms with van der Waals surface area (Å²) in [5.41, 5.74) is 5.05. The van der Waals surface area contributed by atoms with Gasteiger partial charge >= 0.3 is 0 Å². The third-order valence-corrected chi connectivity index (χ3v) is 7.67. The molecule has 0 spiro atoms. The van der Waals surface area contributed by atoms with Crippen LogP contribution in [0.4, 0.5) is 0 Å². The number of sulfonamides is 1. The molecule has 1 fully saturated rings. The van der Waals surface area contributed by atoms with Gasteiger partial charge in [0, 0.05) is 25.7 Å². The summed E-state index contributed by atoms with van der Waals surface area (Å²) in [6.45, 7) is 10.3. The summed E-state index contributed by atoms with van der Waals surface area (Å²) in [6.07, 6.45) is 0.853. The molecule has 6 heteroatoms. The maximum atomic E-state index is 13.0. The number of hydrogen-bond acceptors (Lipinski definition) is 4. The van der Waals surface area contributed by atoms with Gasteiger partial charge in [0.15, 0.2) is 0 Å². The molecular formula is C19H26N2O2S2. The average Bonchev–Trinajstić information content (AvgIpc) is 3.17. The van der Waals surface area contributed by atoms with Gasteiger partial charge in [-0.1, -0.05) is 6.07 Å². The highest BCUT2D eigenvalue weighted by atomic mass is 32.2. The fraction of sp³-hybridized carbons (Fsp3) is 0.474. The molecule has 1 N–H and O–H groups in total. The van der Waals surface area contributed by atoms with Crippen molar-refractivity contribution in [3.05, 3.63) is 50.7 Å². The fourth-order valence-corrected chi connectivity index (χ4v) is 6.11. The highest BCUT2D eigenvalue weighted by molar-refractivity contribution is 7.89. The number of nitrogens with zero attached hydrogens (tertiary/aromatic N) is 1. The molecule has 2 heterocycles. The van der Waals surface area contributed by atoms with Gasteiger partial charge in [0.25, 0.3) is 0 Å². The maximum absolute atomic E-state index is 13.0. The van der Waals surface area contributed by atoms with Crippen LogP contribution >= 0.6 is 11.3 Å². The second-order valence-corrected chi connectivity index (χ2v) is 9.49. The Balaban J connectivity index is 1.75. The third-order valence-electron chi connectivity index (χ3n) is 5.15. The average molecular weight is 379 g/mol. The smallest absolute Gasteiger partial charge is 0.241 e. The van der Waals surface area contributed by atoms with Crippen molar-refractivity contribution >= 4 is 21.4 Å². The van der Waals surface area contributed by atoms with Crippen molar-refractivity contribution < 1.29 is 8.42 Å². The Morgan fingerprint density at radius 3 is 2.48 bits per heavy atom. The lowest BCUT2D eigenvalue weighted by molar-refractivity contribution is 0.325. The fourth-order valence-electron chi connectivity index (χ4n) is 3.58. The van der Waals surface area contributed by atoms with E-state index in [1.165, 1.54) is 5.56 Å². The highest BCUT2D eigenvalue weighted by Crippen LogP contribution is 2.27. The van der Waals surface area contributed by atoms with Gasteiger partial charge in [-0.2, -0.15) is 11.3 Å². The monoisotopic (exact) mass is 378 g/mol. The standard InChI is InChI=1S/C19H26N2O2S2/c1-13-9-14(2)16(4)19(15(13)3)25(22,23)20-18-5-7-21(11-18)10-17-6-8-24-12-17/h6,8-9,12,18,20H,5,7,10-11H2,1-4H3. The number of likely N-dealkylation sites (tertiary alicyclic amines) is 1. The summed E-state index contributed by atoms with van der Waals surface area (Å²) in [7, 11) is -3.51. The Labute approximate surface area is 154 Å². The Bertz CT molecular complexity index is 832. The number of rotatable bonds is 5. The van der Waals surface area contributed by atoms with Crippen molar-refractivity contribution in [3.8, 4) is 0 Å². The predicted octanol–water partition coefficient (Wildman–Crippen LogP) is 3.53. The van der Waals surface area contributed by atoms with Crippen molar-refractivity contribution in [2.75, 3.05) is 13.1 Å². The van der Waals surface area contributed by atoms with Gasteiger partial charge in [0.2, 0.25) is 10.0 Å². The van der Waals surface area contributed by atoms with Crippen molar-refractivity contribution in [1.82, 2.24) is 9.62 Å².